The number of nitriles is 1. The molecule has 1 aromatic rings. The molecule has 0 saturated heterocycles. The summed E-state index contributed by atoms with van der Waals surface area (Å²) in [5.41, 5.74) is 1.55. The second-order valence-corrected chi connectivity index (χ2v) is 4.32. The van der Waals surface area contributed by atoms with Crippen molar-refractivity contribution in [1.82, 2.24) is 9.88 Å². The summed E-state index contributed by atoms with van der Waals surface area (Å²) < 4.78 is 5.12. The van der Waals surface area contributed by atoms with Crippen molar-refractivity contribution < 1.29 is 4.74 Å². The molecule has 0 amide bonds. The predicted octanol–water partition coefficient (Wildman–Crippen LogP) is 1.56. The number of hydrogen-bond donors (Lipinski definition) is 0. The van der Waals surface area contributed by atoms with Crippen LogP contribution in [0.25, 0.3) is 0 Å². The highest BCUT2D eigenvalue weighted by Crippen LogP contribution is 2.28. The first-order valence-electron chi connectivity index (χ1n) is 5.92. The molecule has 0 unspecified atom stereocenters. The van der Waals surface area contributed by atoms with Gasteiger partial charge in [-0.05, 0) is 18.9 Å². The van der Waals surface area contributed by atoms with Crippen LogP contribution in [0.1, 0.15) is 24.1 Å². The molecule has 0 spiro atoms. The van der Waals surface area contributed by atoms with Crippen LogP contribution in [0.2, 0.25) is 0 Å². The summed E-state index contributed by atoms with van der Waals surface area (Å²) in [5, 5.41) is 9.01. The highest BCUT2D eigenvalue weighted by atomic mass is 16.5. The zero-order valence-corrected chi connectivity index (χ0v) is 10.1. The molecule has 4 nitrogen and oxygen atoms in total. The quantitative estimate of drug-likeness (QED) is 0.745. The Kier molecular flexibility index (Phi) is 4.08. The van der Waals surface area contributed by atoms with Gasteiger partial charge in [-0.1, -0.05) is 6.07 Å². The lowest BCUT2D eigenvalue weighted by molar-refractivity contribution is 0.139. The van der Waals surface area contributed by atoms with Crippen molar-refractivity contribution >= 4 is 0 Å². The van der Waals surface area contributed by atoms with E-state index >= 15 is 0 Å². The second kappa shape index (κ2) is 5.76. The lowest BCUT2D eigenvalue weighted by Gasteiger charge is -2.21. The second-order valence-electron chi connectivity index (χ2n) is 4.32. The SMILES string of the molecule is COCCN(Cc1cccnc1C#N)C1CC1. The fourth-order valence-electron chi connectivity index (χ4n) is 1.92. The Hall–Kier alpha value is -1.44. The van der Waals surface area contributed by atoms with E-state index < -0.39 is 0 Å². The maximum atomic E-state index is 9.01. The summed E-state index contributed by atoms with van der Waals surface area (Å²) in [4.78, 5) is 6.47. The number of methoxy groups -OCH3 is 1. The summed E-state index contributed by atoms with van der Waals surface area (Å²) in [7, 11) is 1.72. The molecule has 90 valence electrons. The highest BCUT2D eigenvalue weighted by Gasteiger charge is 2.29. The van der Waals surface area contributed by atoms with Gasteiger partial charge in [0, 0.05) is 38.0 Å². The van der Waals surface area contributed by atoms with Gasteiger partial charge >= 0.3 is 0 Å². The lowest BCUT2D eigenvalue weighted by Crippen LogP contribution is -2.29. The molecule has 4 heteroatoms. The molecule has 1 aromatic heterocycles. The molecule has 1 heterocycles. The minimum atomic E-state index is 0.538. The van der Waals surface area contributed by atoms with Crippen molar-refractivity contribution in [1.29, 1.82) is 5.26 Å². The third kappa shape index (κ3) is 3.26. The van der Waals surface area contributed by atoms with Gasteiger partial charge in [-0.3, -0.25) is 4.90 Å². The summed E-state index contributed by atoms with van der Waals surface area (Å²) in [5.74, 6) is 0. The fraction of sp³-hybridized carbons (Fsp3) is 0.538. The van der Waals surface area contributed by atoms with Crippen molar-refractivity contribution in [3.05, 3.63) is 29.6 Å². The van der Waals surface area contributed by atoms with Gasteiger partial charge in [-0.25, -0.2) is 4.98 Å². The number of rotatable bonds is 6. The molecule has 0 N–H and O–H groups in total. The maximum Gasteiger partial charge on any atom is 0.144 e. The van der Waals surface area contributed by atoms with Gasteiger partial charge in [0.15, 0.2) is 0 Å². The molecular weight excluding hydrogens is 214 g/mol. The van der Waals surface area contributed by atoms with Crippen molar-refractivity contribution in [2.45, 2.75) is 25.4 Å². The Balaban J connectivity index is 2.03. The first-order valence-corrected chi connectivity index (χ1v) is 5.92. The van der Waals surface area contributed by atoms with Crippen molar-refractivity contribution in [3.63, 3.8) is 0 Å². The molecule has 0 aromatic carbocycles. The van der Waals surface area contributed by atoms with Crippen LogP contribution in [0.3, 0.4) is 0 Å². The average molecular weight is 231 g/mol. The van der Waals surface area contributed by atoms with Crippen LogP contribution in [-0.4, -0.2) is 36.2 Å². The van der Waals surface area contributed by atoms with Gasteiger partial charge in [0.25, 0.3) is 0 Å². The number of pyridine rings is 1. The molecule has 0 atom stereocenters. The van der Waals surface area contributed by atoms with Crippen LogP contribution in [0.4, 0.5) is 0 Å². The van der Waals surface area contributed by atoms with Gasteiger partial charge in [-0.15, -0.1) is 0 Å². The average Bonchev–Trinajstić information content (AvgIpc) is 3.19. The Labute approximate surface area is 102 Å². The van der Waals surface area contributed by atoms with Crippen LogP contribution in [0, 0.1) is 11.3 Å². The third-order valence-corrected chi connectivity index (χ3v) is 3.02. The van der Waals surface area contributed by atoms with Crippen LogP contribution in [0.5, 0.6) is 0 Å². The van der Waals surface area contributed by atoms with Gasteiger partial charge in [0.2, 0.25) is 0 Å². The highest BCUT2D eigenvalue weighted by molar-refractivity contribution is 5.30. The van der Waals surface area contributed by atoms with E-state index in [0.717, 1.165) is 25.3 Å². The van der Waals surface area contributed by atoms with E-state index in [1.165, 1.54) is 12.8 Å². The minimum Gasteiger partial charge on any atom is -0.383 e. The van der Waals surface area contributed by atoms with Crippen molar-refractivity contribution in [3.8, 4) is 6.07 Å². The number of nitrogens with zero attached hydrogens (tertiary/aromatic N) is 3. The van der Waals surface area contributed by atoms with Crippen molar-refractivity contribution in [2.24, 2.45) is 0 Å². The lowest BCUT2D eigenvalue weighted by atomic mass is 10.2. The predicted molar refractivity (Wildman–Crippen MR) is 64.3 cm³/mol. The standard InChI is InChI=1S/C13H17N3O/c1-17-8-7-16(12-4-5-12)10-11-3-2-6-15-13(11)9-14/h2-3,6,12H,4-5,7-8,10H2,1H3. The molecule has 1 fully saturated rings. The van der Waals surface area contributed by atoms with E-state index in [1.807, 2.05) is 12.1 Å². The first kappa shape index (κ1) is 12.0. The van der Waals surface area contributed by atoms with E-state index in [9.17, 15) is 0 Å². The zero-order chi connectivity index (χ0) is 12.1. The van der Waals surface area contributed by atoms with Gasteiger partial charge in [-0.2, -0.15) is 5.26 Å². The van der Waals surface area contributed by atoms with Gasteiger partial charge in [0.1, 0.15) is 11.8 Å². The normalized spacial score (nSPS) is 14.9. The van der Waals surface area contributed by atoms with E-state index in [2.05, 4.69) is 16.0 Å². The Bertz CT molecular complexity index is 409. The van der Waals surface area contributed by atoms with Crippen LogP contribution in [0.15, 0.2) is 18.3 Å². The van der Waals surface area contributed by atoms with E-state index in [-0.39, 0.29) is 0 Å². The molecule has 1 aliphatic rings. The molecule has 2 rings (SSSR count). The monoisotopic (exact) mass is 231 g/mol. The largest absolute Gasteiger partial charge is 0.383 e. The summed E-state index contributed by atoms with van der Waals surface area (Å²) in [6.45, 7) is 2.45. The van der Waals surface area contributed by atoms with Gasteiger partial charge < -0.3 is 4.74 Å². The van der Waals surface area contributed by atoms with E-state index in [4.69, 9.17) is 10.00 Å². The number of ether oxygens (including phenoxy) is 1. The first-order chi connectivity index (χ1) is 8.35. The summed E-state index contributed by atoms with van der Waals surface area (Å²) in [6.07, 6.45) is 4.18. The number of hydrogen-bond acceptors (Lipinski definition) is 4. The zero-order valence-electron chi connectivity index (χ0n) is 10.1. The van der Waals surface area contributed by atoms with Gasteiger partial charge in [0.05, 0.1) is 6.61 Å². The number of aromatic nitrogens is 1. The topological polar surface area (TPSA) is 49.1 Å². The van der Waals surface area contributed by atoms with Crippen LogP contribution >= 0.6 is 0 Å². The molecule has 1 saturated carbocycles. The smallest absolute Gasteiger partial charge is 0.144 e. The summed E-state index contributed by atoms with van der Waals surface area (Å²) >= 11 is 0. The van der Waals surface area contributed by atoms with E-state index in [0.29, 0.717) is 11.7 Å². The Morgan fingerprint density at radius 1 is 1.59 bits per heavy atom. The maximum absolute atomic E-state index is 9.01. The molecule has 0 bridgehead atoms. The Morgan fingerprint density at radius 2 is 2.41 bits per heavy atom. The molecule has 1 aliphatic carbocycles. The molecule has 0 aliphatic heterocycles. The minimum absolute atomic E-state index is 0.538. The third-order valence-electron chi connectivity index (χ3n) is 3.02. The molecule has 17 heavy (non-hydrogen) atoms. The fourth-order valence-corrected chi connectivity index (χ4v) is 1.92. The Morgan fingerprint density at radius 3 is 3.06 bits per heavy atom. The van der Waals surface area contributed by atoms with Crippen LogP contribution < -0.4 is 0 Å². The summed E-state index contributed by atoms with van der Waals surface area (Å²) in [6, 6.07) is 6.68. The van der Waals surface area contributed by atoms with E-state index in [1.54, 1.807) is 13.3 Å². The van der Waals surface area contributed by atoms with Crippen molar-refractivity contribution in [2.75, 3.05) is 20.3 Å². The molecule has 0 radical (unpaired) electrons. The molecular formula is C13H17N3O. The van der Waals surface area contributed by atoms with Crippen LogP contribution in [-0.2, 0) is 11.3 Å².